The second-order valence-corrected chi connectivity index (χ2v) is 10.8. The van der Waals surface area contributed by atoms with E-state index >= 15 is 0 Å². The number of nitrogens with one attached hydrogen (secondary N) is 2. The van der Waals surface area contributed by atoms with Gasteiger partial charge in [-0.1, -0.05) is 30.8 Å². The molecule has 1 heterocycles. The van der Waals surface area contributed by atoms with Crippen LogP contribution in [0.3, 0.4) is 0 Å². The first kappa shape index (κ1) is 27.0. The lowest BCUT2D eigenvalue weighted by Crippen LogP contribution is -2.26. The van der Waals surface area contributed by atoms with Gasteiger partial charge in [-0.25, -0.2) is 8.42 Å². The average molecular weight is 497 g/mol. The zero-order chi connectivity index (χ0) is 24.6. The summed E-state index contributed by atoms with van der Waals surface area (Å²) < 4.78 is 39.2. The molecule has 33 heavy (non-hydrogen) atoms. The predicted molar refractivity (Wildman–Crippen MR) is 131 cm³/mol. The highest BCUT2D eigenvalue weighted by Gasteiger charge is 2.22. The van der Waals surface area contributed by atoms with Gasteiger partial charge in [0.05, 0.1) is 36.7 Å². The summed E-state index contributed by atoms with van der Waals surface area (Å²) in [4.78, 5) is 12.4. The monoisotopic (exact) mass is 496 g/mol. The minimum atomic E-state index is -3.20. The molecule has 0 saturated heterocycles. The van der Waals surface area contributed by atoms with Crippen molar-refractivity contribution in [2.24, 2.45) is 0 Å². The number of sulfone groups is 1. The van der Waals surface area contributed by atoms with Crippen LogP contribution < -0.4 is 20.1 Å². The molecule has 0 fully saturated rings. The van der Waals surface area contributed by atoms with Crippen LogP contribution in [0.4, 0.5) is 5.69 Å². The molecule has 2 aromatic carbocycles. The Balaban J connectivity index is 0.000000237. The smallest absolute Gasteiger partial charge is 0.178 e. The van der Waals surface area contributed by atoms with Gasteiger partial charge < -0.3 is 24.3 Å². The van der Waals surface area contributed by atoms with Crippen LogP contribution in [-0.4, -0.2) is 53.3 Å². The van der Waals surface area contributed by atoms with Crippen molar-refractivity contribution in [3.05, 3.63) is 42.0 Å². The number of carbonyl (C=O) groups excluding carboxylic acids is 1. The van der Waals surface area contributed by atoms with Gasteiger partial charge in [-0.15, -0.1) is 0 Å². The van der Waals surface area contributed by atoms with E-state index in [0.29, 0.717) is 11.8 Å². The third kappa shape index (κ3) is 7.10. The first-order chi connectivity index (χ1) is 15.7. The van der Waals surface area contributed by atoms with Crippen molar-refractivity contribution in [2.75, 3.05) is 32.3 Å². The van der Waals surface area contributed by atoms with E-state index < -0.39 is 15.9 Å². The molecule has 182 valence electrons. The van der Waals surface area contributed by atoms with Crippen LogP contribution in [-0.2, 0) is 19.4 Å². The Morgan fingerprint density at radius 2 is 1.73 bits per heavy atom. The maximum Gasteiger partial charge on any atom is 0.178 e. The fourth-order valence-corrected chi connectivity index (χ4v) is 4.87. The summed E-state index contributed by atoms with van der Waals surface area (Å²) in [5.41, 5.74) is 1.96. The van der Waals surface area contributed by atoms with Gasteiger partial charge in [0.15, 0.2) is 27.6 Å². The summed E-state index contributed by atoms with van der Waals surface area (Å²) in [6, 6.07) is 10.2. The highest BCUT2D eigenvalue weighted by molar-refractivity contribution is 8.00. The molecule has 0 aliphatic carbocycles. The highest BCUT2D eigenvalue weighted by Crippen LogP contribution is 2.43. The highest BCUT2D eigenvalue weighted by atomic mass is 32.2. The molecule has 1 aliphatic heterocycles. The molecule has 1 aliphatic rings. The maximum absolute atomic E-state index is 11.6. The number of methoxy groups -OCH3 is 2. The molecule has 2 unspecified atom stereocenters. The van der Waals surface area contributed by atoms with Crippen molar-refractivity contribution in [1.29, 1.82) is 0 Å². The number of ether oxygens (including phenoxy) is 3. The third-order valence-corrected chi connectivity index (χ3v) is 7.70. The number of rotatable bonds is 9. The van der Waals surface area contributed by atoms with E-state index in [1.54, 1.807) is 45.0 Å². The maximum atomic E-state index is 11.6. The van der Waals surface area contributed by atoms with E-state index in [2.05, 4.69) is 10.6 Å². The van der Waals surface area contributed by atoms with Gasteiger partial charge in [-0.2, -0.15) is 0 Å². The number of hydrogen-bond donors (Lipinski definition) is 2. The molecule has 0 bridgehead atoms. The van der Waals surface area contributed by atoms with Crippen LogP contribution in [0.1, 0.15) is 32.4 Å². The van der Waals surface area contributed by atoms with E-state index in [1.807, 2.05) is 33.0 Å². The lowest BCUT2D eigenvalue weighted by molar-refractivity contribution is -0.121. The van der Waals surface area contributed by atoms with Crippen molar-refractivity contribution < 1.29 is 27.4 Å². The van der Waals surface area contributed by atoms with Crippen LogP contribution in [0, 0.1) is 0 Å². The molecular weight excluding hydrogens is 464 g/mol. The summed E-state index contributed by atoms with van der Waals surface area (Å²) in [5, 5.41) is 6.48. The Labute approximate surface area is 200 Å². The molecule has 10 heteroatoms. The number of aldehydes is 1. The number of carbonyl (C=O) groups is 1. The summed E-state index contributed by atoms with van der Waals surface area (Å²) in [6.45, 7) is 5.28. The van der Waals surface area contributed by atoms with Crippen LogP contribution in [0.2, 0.25) is 0 Å². The van der Waals surface area contributed by atoms with Crippen LogP contribution >= 0.6 is 11.8 Å². The summed E-state index contributed by atoms with van der Waals surface area (Å²) in [6.07, 6.45) is -0.00815. The van der Waals surface area contributed by atoms with Crippen molar-refractivity contribution in [3.8, 4) is 11.5 Å². The molecule has 8 nitrogen and oxygen atoms in total. The average Bonchev–Trinajstić information content (AvgIpc) is 3.24. The van der Waals surface area contributed by atoms with Gasteiger partial charge in [-0.05, 0) is 44.7 Å². The zero-order valence-electron chi connectivity index (χ0n) is 19.7. The van der Waals surface area contributed by atoms with E-state index in [-0.39, 0.29) is 22.3 Å². The molecule has 0 amide bonds. The molecule has 2 atom stereocenters. The standard InChI is InChI=1S/C13H18O4S.C10H14N2O2S/c1-4-18(15,16)12-7-5-11(6-8-12)13(9-14)17-10(2)3;1-11-10-12-6-4-7(13-2)8(14-3)5-9(6)15-10/h5-10,13H,4H2,1-3H3;4-5,10-12H,1-3H3. The molecule has 0 radical (unpaired) electrons. The molecule has 3 rings (SSSR count). The summed E-state index contributed by atoms with van der Waals surface area (Å²) in [7, 11) is 2.01. The quantitative estimate of drug-likeness (QED) is 0.501. The van der Waals surface area contributed by atoms with Gasteiger partial charge in [0.2, 0.25) is 0 Å². The van der Waals surface area contributed by atoms with Gasteiger partial charge in [0.25, 0.3) is 0 Å². The Hall–Kier alpha value is -2.27. The van der Waals surface area contributed by atoms with E-state index in [1.165, 1.54) is 17.0 Å². The van der Waals surface area contributed by atoms with Crippen LogP contribution in [0.15, 0.2) is 46.2 Å². The van der Waals surface area contributed by atoms with Crippen LogP contribution in [0.5, 0.6) is 11.5 Å². The number of fused-ring (bicyclic) bond motifs is 1. The summed E-state index contributed by atoms with van der Waals surface area (Å²) in [5.74, 6) is 1.58. The zero-order valence-corrected chi connectivity index (χ0v) is 21.4. The lowest BCUT2D eigenvalue weighted by atomic mass is 10.1. The number of anilines is 1. The van der Waals surface area contributed by atoms with Gasteiger partial charge in [0, 0.05) is 11.0 Å². The van der Waals surface area contributed by atoms with Crippen LogP contribution in [0.25, 0.3) is 0 Å². The Bertz CT molecular complexity index is 993. The van der Waals surface area contributed by atoms with Crippen molar-refractivity contribution in [3.63, 3.8) is 0 Å². The lowest BCUT2D eigenvalue weighted by Gasteiger charge is -2.15. The Kier molecular flexibility index (Phi) is 10.0. The second kappa shape index (κ2) is 12.3. The fraction of sp³-hybridized carbons (Fsp3) is 0.435. The molecule has 0 saturated carbocycles. The number of hydrogen-bond acceptors (Lipinski definition) is 9. The first-order valence-corrected chi connectivity index (χ1v) is 13.0. The normalized spacial score (nSPS) is 15.7. The van der Waals surface area contributed by atoms with Gasteiger partial charge in [0.1, 0.15) is 11.6 Å². The second-order valence-electron chi connectivity index (χ2n) is 7.35. The third-order valence-electron chi connectivity index (χ3n) is 4.77. The van der Waals surface area contributed by atoms with E-state index in [4.69, 9.17) is 14.2 Å². The summed E-state index contributed by atoms with van der Waals surface area (Å²) >= 11 is 1.73. The largest absolute Gasteiger partial charge is 0.493 e. The minimum absolute atomic E-state index is 0.0615. The molecule has 0 aromatic heterocycles. The molecule has 2 N–H and O–H groups in total. The Morgan fingerprint density at radius 3 is 2.21 bits per heavy atom. The number of thioether (sulfide) groups is 1. The predicted octanol–water partition coefficient (Wildman–Crippen LogP) is 3.87. The fourth-order valence-electron chi connectivity index (χ4n) is 3.01. The first-order valence-electron chi connectivity index (χ1n) is 10.5. The van der Waals surface area contributed by atoms with E-state index in [0.717, 1.165) is 17.2 Å². The van der Waals surface area contributed by atoms with Gasteiger partial charge >= 0.3 is 0 Å². The van der Waals surface area contributed by atoms with Crippen molar-refractivity contribution >= 4 is 33.6 Å². The van der Waals surface area contributed by atoms with E-state index in [9.17, 15) is 13.2 Å². The number of benzene rings is 2. The topological polar surface area (TPSA) is 103 Å². The van der Waals surface area contributed by atoms with Crippen molar-refractivity contribution in [2.45, 2.75) is 48.3 Å². The SMILES string of the molecule is CCS(=O)(=O)c1ccc(C(C=O)OC(C)C)cc1.CNC1Nc2cc(OC)c(OC)cc2S1. The molecular formula is C23H32N2O6S2. The molecule has 0 spiro atoms. The minimum Gasteiger partial charge on any atom is -0.493 e. The van der Waals surface area contributed by atoms with Crippen molar-refractivity contribution in [1.82, 2.24) is 5.32 Å². The Morgan fingerprint density at radius 1 is 1.12 bits per heavy atom. The molecule has 2 aromatic rings. The van der Waals surface area contributed by atoms with Gasteiger partial charge in [-0.3, -0.25) is 5.32 Å².